The predicted molar refractivity (Wildman–Crippen MR) is 101 cm³/mol. The first-order valence-corrected chi connectivity index (χ1v) is 9.20. The van der Waals surface area contributed by atoms with Gasteiger partial charge in [0.2, 0.25) is 0 Å². The first-order chi connectivity index (χ1) is 13.3. The number of ether oxygens (including phenoxy) is 1. The molecule has 1 aliphatic heterocycles. The second-order valence-corrected chi connectivity index (χ2v) is 7.34. The molecule has 0 fully saturated rings. The highest BCUT2D eigenvalue weighted by Crippen LogP contribution is 2.54. The van der Waals surface area contributed by atoms with Crippen LogP contribution in [-0.4, -0.2) is 13.1 Å². The molecule has 28 heavy (non-hydrogen) atoms. The molecular weight excluding hydrogens is 391 g/mol. The van der Waals surface area contributed by atoms with Crippen LogP contribution in [0.4, 0.5) is 18.9 Å². The Kier molecular flexibility index (Phi) is 4.62. The van der Waals surface area contributed by atoms with Crippen LogP contribution in [0.15, 0.2) is 48.6 Å². The summed E-state index contributed by atoms with van der Waals surface area (Å²) in [6.07, 6.45) is 0.0203. The lowest BCUT2D eigenvalue weighted by Gasteiger charge is -2.39. The van der Waals surface area contributed by atoms with E-state index in [1.807, 2.05) is 12.2 Å². The minimum atomic E-state index is -4.46. The number of carbonyl (C=O) groups is 1. The molecular formula is C21H17ClF3NO2. The Morgan fingerprint density at radius 1 is 1.21 bits per heavy atom. The van der Waals surface area contributed by atoms with Crippen molar-refractivity contribution in [1.82, 2.24) is 0 Å². The van der Waals surface area contributed by atoms with Gasteiger partial charge < -0.3 is 10.1 Å². The number of halogens is 4. The highest BCUT2D eigenvalue weighted by atomic mass is 35.5. The van der Waals surface area contributed by atoms with Gasteiger partial charge in [-0.1, -0.05) is 42.0 Å². The number of rotatable bonds is 2. The van der Waals surface area contributed by atoms with Gasteiger partial charge >= 0.3 is 12.1 Å². The zero-order chi connectivity index (χ0) is 20.1. The number of fused-ring (bicyclic) bond motifs is 3. The first-order valence-electron chi connectivity index (χ1n) is 8.83. The average molecular weight is 408 g/mol. The van der Waals surface area contributed by atoms with Gasteiger partial charge in [0.25, 0.3) is 0 Å². The number of allylic oxidation sites excluding steroid dienone is 2. The van der Waals surface area contributed by atoms with E-state index >= 15 is 0 Å². The lowest BCUT2D eigenvalue weighted by molar-refractivity contribution is -0.138. The van der Waals surface area contributed by atoms with Gasteiger partial charge in [-0.25, -0.2) is 4.79 Å². The predicted octanol–water partition coefficient (Wildman–Crippen LogP) is 5.97. The number of esters is 1. The maximum Gasteiger partial charge on any atom is 0.416 e. The van der Waals surface area contributed by atoms with Crippen molar-refractivity contribution in [2.45, 2.75) is 24.6 Å². The van der Waals surface area contributed by atoms with Crippen molar-refractivity contribution in [2.75, 3.05) is 12.4 Å². The fourth-order valence-electron chi connectivity index (χ4n) is 4.30. The Labute approximate surface area is 165 Å². The van der Waals surface area contributed by atoms with Crippen LogP contribution in [0.1, 0.15) is 45.4 Å². The number of methoxy groups -OCH3 is 1. The van der Waals surface area contributed by atoms with Crippen LogP contribution >= 0.6 is 11.6 Å². The Balaban J connectivity index is 1.89. The Hall–Kier alpha value is -2.47. The minimum absolute atomic E-state index is 0.169. The second kappa shape index (κ2) is 6.85. The molecule has 146 valence electrons. The molecule has 2 aromatic rings. The van der Waals surface area contributed by atoms with Gasteiger partial charge in [-0.05, 0) is 41.7 Å². The van der Waals surface area contributed by atoms with E-state index in [9.17, 15) is 18.0 Å². The average Bonchev–Trinajstić information content (AvgIpc) is 3.16. The van der Waals surface area contributed by atoms with Gasteiger partial charge in [-0.2, -0.15) is 13.2 Å². The van der Waals surface area contributed by atoms with Crippen molar-refractivity contribution in [3.8, 4) is 0 Å². The van der Waals surface area contributed by atoms with Crippen molar-refractivity contribution >= 4 is 23.3 Å². The maximum atomic E-state index is 13.6. The lowest BCUT2D eigenvalue weighted by Crippen LogP contribution is -2.32. The van der Waals surface area contributed by atoms with Crippen LogP contribution < -0.4 is 5.32 Å². The fraction of sp³-hybridized carbons (Fsp3) is 0.286. The Morgan fingerprint density at radius 2 is 1.96 bits per heavy atom. The van der Waals surface area contributed by atoms with Crippen molar-refractivity contribution in [3.05, 3.63) is 75.8 Å². The summed E-state index contributed by atoms with van der Waals surface area (Å²) >= 11 is 6.37. The molecule has 1 aliphatic carbocycles. The van der Waals surface area contributed by atoms with Gasteiger partial charge in [0.1, 0.15) is 0 Å². The normalized spacial score (nSPS) is 23.0. The fourth-order valence-corrected chi connectivity index (χ4v) is 4.52. The summed E-state index contributed by atoms with van der Waals surface area (Å²) in [4.78, 5) is 12.3. The van der Waals surface area contributed by atoms with E-state index in [0.717, 1.165) is 6.07 Å². The van der Waals surface area contributed by atoms with Gasteiger partial charge in [0, 0.05) is 5.92 Å². The molecule has 3 nitrogen and oxygen atoms in total. The summed E-state index contributed by atoms with van der Waals surface area (Å²) in [6.45, 7) is 0. The summed E-state index contributed by atoms with van der Waals surface area (Å²) in [5.74, 6) is -0.892. The summed E-state index contributed by atoms with van der Waals surface area (Å²) in [6, 6.07) is 8.15. The highest BCUT2D eigenvalue weighted by Gasteiger charge is 2.44. The Morgan fingerprint density at radius 3 is 2.68 bits per heavy atom. The SMILES string of the molecule is COC(=O)c1ccc(Cl)c2c1[C@H]1C=CC[C@H]1[C@@H](c1ccccc1C(F)(F)F)N2. The number of anilines is 1. The van der Waals surface area contributed by atoms with E-state index in [1.54, 1.807) is 18.2 Å². The van der Waals surface area contributed by atoms with E-state index in [0.29, 0.717) is 28.3 Å². The van der Waals surface area contributed by atoms with E-state index in [4.69, 9.17) is 16.3 Å². The van der Waals surface area contributed by atoms with Crippen molar-refractivity contribution in [1.29, 1.82) is 0 Å². The lowest BCUT2D eigenvalue weighted by atomic mass is 9.74. The molecule has 0 saturated carbocycles. The van der Waals surface area contributed by atoms with Crippen LogP contribution in [0, 0.1) is 5.92 Å². The molecule has 3 atom stereocenters. The summed E-state index contributed by atoms with van der Waals surface area (Å²) < 4.78 is 45.7. The second-order valence-electron chi connectivity index (χ2n) is 6.94. The molecule has 7 heteroatoms. The van der Waals surface area contributed by atoms with E-state index in [-0.39, 0.29) is 17.4 Å². The van der Waals surface area contributed by atoms with Crippen molar-refractivity contribution in [3.63, 3.8) is 0 Å². The smallest absolute Gasteiger partial charge is 0.416 e. The first kappa shape index (κ1) is 18.9. The molecule has 1 N–H and O–H groups in total. The van der Waals surface area contributed by atoms with Crippen molar-refractivity contribution in [2.24, 2.45) is 5.92 Å². The third-order valence-corrected chi connectivity index (χ3v) is 5.79. The summed E-state index contributed by atoms with van der Waals surface area (Å²) in [5.41, 5.74) is 1.05. The van der Waals surface area contributed by atoms with E-state index in [2.05, 4.69) is 5.32 Å². The molecule has 0 spiro atoms. The molecule has 0 saturated heterocycles. The monoisotopic (exact) mass is 407 g/mol. The molecule has 2 aliphatic rings. The third-order valence-electron chi connectivity index (χ3n) is 5.48. The van der Waals surface area contributed by atoms with Gasteiger partial charge in [-0.15, -0.1) is 0 Å². The molecule has 0 aromatic heterocycles. The van der Waals surface area contributed by atoms with E-state index in [1.165, 1.54) is 19.2 Å². The topological polar surface area (TPSA) is 38.3 Å². The zero-order valence-corrected chi connectivity index (χ0v) is 15.6. The third kappa shape index (κ3) is 2.96. The number of alkyl halides is 3. The highest BCUT2D eigenvalue weighted by molar-refractivity contribution is 6.33. The van der Waals surface area contributed by atoms with Crippen LogP contribution in [0.5, 0.6) is 0 Å². The summed E-state index contributed by atoms with van der Waals surface area (Å²) in [5, 5.41) is 3.56. The van der Waals surface area contributed by atoms with Crippen LogP contribution in [0.3, 0.4) is 0 Å². The molecule has 2 aromatic carbocycles. The van der Waals surface area contributed by atoms with Crippen LogP contribution in [-0.2, 0) is 10.9 Å². The molecule has 1 heterocycles. The molecule has 0 radical (unpaired) electrons. The molecule has 4 rings (SSSR count). The number of benzene rings is 2. The summed E-state index contributed by atoms with van der Waals surface area (Å²) in [7, 11) is 1.30. The molecule has 0 bridgehead atoms. The largest absolute Gasteiger partial charge is 0.465 e. The quantitative estimate of drug-likeness (QED) is 0.492. The molecule has 0 unspecified atom stereocenters. The minimum Gasteiger partial charge on any atom is -0.465 e. The van der Waals surface area contributed by atoms with E-state index < -0.39 is 23.8 Å². The van der Waals surface area contributed by atoms with Gasteiger partial charge in [0.15, 0.2) is 0 Å². The van der Waals surface area contributed by atoms with Gasteiger partial charge in [0.05, 0.1) is 35.0 Å². The number of nitrogens with one attached hydrogen (secondary N) is 1. The number of hydrogen-bond acceptors (Lipinski definition) is 3. The Bertz CT molecular complexity index is 971. The van der Waals surface area contributed by atoms with Crippen LogP contribution in [0.2, 0.25) is 5.02 Å². The molecule has 0 amide bonds. The standard InChI is InChI=1S/C21H17ClF3NO2/c1-28-20(27)14-9-10-16(22)19-17(14)11-6-4-7-12(11)18(26-19)13-5-2-3-8-15(13)21(23,24)25/h2-6,8-12,18,26H,7H2,1H3/t11-,12+,18-/m0/s1. The zero-order valence-electron chi connectivity index (χ0n) is 14.9. The van der Waals surface area contributed by atoms with Crippen molar-refractivity contribution < 1.29 is 22.7 Å². The maximum absolute atomic E-state index is 13.6. The number of hydrogen-bond donors (Lipinski definition) is 1. The van der Waals surface area contributed by atoms with Crippen LogP contribution in [0.25, 0.3) is 0 Å². The van der Waals surface area contributed by atoms with Gasteiger partial charge in [-0.3, -0.25) is 0 Å². The number of carbonyl (C=O) groups excluding carboxylic acids is 1.